The van der Waals surface area contributed by atoms with Crippen molar-refractivity contribution in [2.75, 3.05) is 20.0 Å². The molecule has 24 heavy (non-hydrogen) atoms. The van der Waals surface area contributed by atoms with Crippen LogP contribution >= 0.6 is 11.8 Å². The minimum absolute atomic E-state index is 0.0931. The van der Waals surface area contributed by atoms with E-state index in [9.17, 15) is 4.79 Å². The number of aromatic nitrogens is 1. The normalized spacial score (nSPS) is 17.7. The van der Waals surface area contributed by atoms with Crippen LogP contribution in [0.3, 0.4) is 0 Å². The highest BCUT2D eigenvalue weighted by Crippen LogP contribution is 2.45. The molecule has 0 bridgehead atoms. The molecular weight excluding hydrogens is 324 g/mol. The van der Waals surface area contributed by atoms with Crippen molar-refractivity contribution >= 4 is 17.7 Å². The Morgan fingerprint density at radius 1 is 1.21 bits per heavy atom. The minimum Gasteiger partial charge on any atom is -0.493 e. The number of carbonyl (C=O) groups excluding carboxylic acids is 1. The molecule has 0 N–H and O–H groups in total. The Morgan fingerprint density at radius 3 is 2.71 bits per heavy atom. The summed E-state index contributed by atoms with van der Waals surface area (Å²) in [4.78, 5) is 18.5. The zero-order valence-corrected chi connectivity index (χ0v) is 14.6. The van der Waals surface area contributed by atoms with E-state index in [4.69, 9.17) is 9.47 Å². The van der Waals surface area contributed by atoms with Crippen molar-refractivity contribution in [3.05, 3.63) is 53.9 Å². The van der Waals surface area contributed by atoms with E-state index >= 15 is 0 Å². The van der Waals surface area contributed by atoms with Gasteiger partial charge in [-0.05, 0) is 23.8 Å². The van der Waals surface area contributed by atoms with Gasteiger partial charge in [0.15, 0.2) is 11.5 Å². The maximum atomic E-state index is 12.6. The number of hydrogen-bond donors (Lipinski definition) is 0. The Hall–Kier alpha value is -2.21. The number of hydrogen-bond acceptors (Lipinski definition) is 5. The summed E-state index contributed by atoms with van der Waals surface area (Å²) in [5.74, 6) is 2.32. The SMILES string of the molecule is COc1cccc(C2SCCC(=O)N2Cc2ccncc2)c1OC. The molecule has 1 atom stereocenters. The second-order valence-corrected chi connectivity index (χ2v) is 6.62. The summed E-state index contributed by atoms with van der Waals surface area (Å²) in [6.07, 6.45) is 4.05. The van der Waals surface area contributed by atoms with E-state index in [-0.39, 0.29) is 11.3 Å². The van der Waals surface area contributed by atoms with Crippen molar-refractivity contribution in [1.82, 2.24) is 9.88 Å². The Labute approximate surface area is 146 Å². The number of benzene rings is 1. The predicted octanol–water partition coefficient (Wildman–Crippen LogP) is 3.26. The Balaban J connectivity index is 1.96. The number of para-hydroxylation sites is 1. The largest absolute Gasteiger partial charge is 0.493 e. The van der Waals surface area contributed by atoms with Gasteiger partial charge in [0.1, 0.15) is 5.37 Å². The number of nitrogens with zero attached hydrogens (tertiary/aromatic N) is 2. The number of carbonyl (C=O) groups is 1. The second kappa shape index (κ2) is 7.57. The predicted molar refractivity (Wildman–Crippen MR) is 94.1 cm³/mol. The van der Waals surface area contributed by atoms with E-state index in [2.05, 4.69) is 4.98 Å². The van der Waals surface area contributed by atoms with Crippen LogP contribution in [0.5, 0.6) is 11.5 Å². The van der Waals surface area contributed by atoms with E-state index in [1.54, 1.807) is 38.4 Å². The molecule has 0 saturated carbocycles. The van der Waals surface area contributed by atoms with Gasteiger partial charge in [-0.15, -0.1) is 11.8 Å². The van der Waals surface area contributed by atoms with Crippen molar-refractivity contribution in [3.8, 4) is 11.5 Å². The maximum absolute atomic E-state index is 12.6. The van der Waals surface area contributed by atoms with Gasteiger partial charge in [-0.3, -0.25) is 9.78 Å². The summed E-state index contributed by atoms with van der Waals surface area (Å²) in [6, 6.07) is 9.67. The average molecular weight is 344 g/mol. The van der Waals surface area contributed by atoms with Gasteiger partial charge in [0.25, 0.3) is 0 Å². The van der Waals surface area contributed by atoms with Crippen molar-refractivity contribution < 1.29 is 14.3 Å². The molecule has 0 radical (unpaired) electrons. The van der Waals surface area contributed by atoms with Crippen LogP contribution in [0, 0.1) is 0 Å². The number of amides is 1. The lowest BCUT2D eigenvalue weighted by Crippen LogP contribution is -2.36. The highest BCUT2D eigenvalue weighted by molar-refractivity contribution is 7.99. The van der Waals surface area contributed by atoms with E-state index in [1.807, 2.05) is 35.2 Å². The lowest BCUT2D eigenvalue weighted by Gasteiger charge is -2.36. The van der Waals surface area contributed by atoms with Crippen molar-refractivity contribution in [3.63, 3.8) is 0 Å². The molecule has 0 spiro atoms. The summed E-state index contributed by atoms with van der Waals surface area (Å²) >= 11 is 1.75. The van der Waals surface area contributed by atoms with Gasteiger partial charge in [-0.2, -0.15) is 0 Å². The zero-order valence-electron chi connectivity index (χ0n) is 13.8. The number of methoxy groups -OCH3 is 2. The fourth-order valence-electron chi connectivity index (χ4n) is 2.84. The topological polar surface area (TPSA) is 51.7 Å². The Morgan fingerprint density at radius 2 is 2.00 bits per heavy atom. The summed E-state index contributed by atoms with van der Waals surface area (Å²) in [5, 5.41) is -0.0931. The highest BCUT2D eigenvalue weighted by atomic mass is 32.2. The number of ether oxygens (including phenoxy) is 2. The monoisotopic (exact) mass is 344 g/mol. The van der Waals surface area contributed by atoms with Crippen LogP contribution in [0.4, 0.5) is 0 Å². The van der Waals surface area contributed by atoms with Crippen LogP contribution in [-0.2, 0) is 11.3 Å². The molecule has 3 rings (SSSR count). The van der Waals surface area contributed by atoms with Crippen molar-refractivity contribution in [2.45, 2.75) is 18.3 Å². The van der Waals surface area contributed by atoms with E-state index in [1.165, 1.54) is 0 Å². The number of pyridine rings is 1. The van der Waals surface area contributed by atoms with E-state index < -0.39 is 0 Å². The van der Waals surface area contributed by atoms with Gasteiger partial charge >= 0.3 is 0 Å². The van der Waals surface area contributed by atoms with Gasteiger partial charge < -0.3 is 14.4 Å². The quantitative estimate of drug-likeness (QED) is 0.833. The van der Waals surface area contributed by atoms with Crippen LogP contribution in [0.15, 0.2) is 42.7 Å². The van der Waals surface area contributed by atoms with Gasteiger partial charge in [0, 0.05) is 36.7 Å². The Kier molecular flexibility index (Phi) is 5.25. The molecule has 2 aromatic rings. The molecule has 0 aliphatic carbocycles. The first-order chi connectivity index (χ1) is 11.7. The molecule has 1 aliphatic heterocycles. The third-order valence-electron chi connectivity index (χ3n) is 4.00. The molecular formula is C18H20N2O3S. The molecule has 5 nitrogen and oxygen atoms in total. The van der Waals surface area contributed by atoms with Gasteiger partial charge in [-0.1, -0.05) is 12.1 Å². The van der Waals surface area contributed by atoms with Gasteiger partial charge in [-0.25, -0.2) is 0 Å². The first kappa shape index (κ1) is 16.6. The third kappa shape index (κ3) is 3.33. The zero-order chi connectivity index (χ0) is 16.9. The minimum atomic E-state index is -0.0931. The molecule has 1 fully saturated rings. The lowest BCUT2D eigenvalue weighted by atomic mass is 10.1. The van der Waals surface area contributed by atoms with Crippen molar-refractivity contribution in [2.24, 2.45) is 0 Å². The fourth-order valence-corrected chi connectivity index (χ4v) is 4.10. The molecule has 6 heteroatoms. The summed E-state index contributed by atoms with van der Waals surface area (Å²) in [6.45, 7) is 0.555. The maximum Gasteiger partial charge on any atom is 0.224 e. The molecule has 1 aromatic heterocycles. The standard InChI is InChI=1S/C18H20N2O3S/c1-22-15-5-3-4-14(17(15)23-2)18-20(16(21)8-11-24-18)12-13-6-9-19-10-7-13/h3-7,9-10,18H,8,11-12H2,1-2H3. The van der Waals surface area contributed by atoms with Gasteiger partial charge in [0.05, 0.1) is 14.2 Å². The van der Waals surface area contributed by atoms with Gasteiger partial charge in [0.2, 0.25) is 5.91 Å². The summed E-state index contributed by atoms with van der Waals surface area (Å²) < 4.78 is 11.0. The fraction of sp³-hybridized carbons (Fsp3) is 0.333. The van der Waals surface area contributed by atoms with Crippen molar-refractivity contribution in [1.29, 1.82) is 0 Å². The molecule has 126 valence electrons. The average Bonchev–Trinajstić information content (AvgIpc) is 2.63. The molecule has 1 amide bonds. The molecule has 1 aromatic carbocycles. The van der Waals surface area contributed by atoms with Crippen LogP contribution < -0.4 is 9.47 Å². The summed E-state index contributed by atoms with van der Waals surface area (Å²) in [5.41, 5.74) is 2.02. The first-order valence-electron chi connectivity index (χ1n) is 7.75. The molecule has 1 aliphatic rings. The van der Waals surface area contributed by atoms with E-state index in [0.29, 0.717) is 24.5 Å². The molecule has 2 heterocycles. The molecule has 1 unspecified atom stereocenters. The molecule has 1 saturated heterocycles. The third-order valence-corrected chi connectivity index (χ3v) is 5.26. The summed E-state index contributed by atoms with van der Waals surface area (Å²) in [7, 11) is 3.25. The second-order valence-electron chi connectivity index (χ2n) is 5.43. The van der Waals surface area contributed by atoms with Crippen LogP contribution in [-0.4, -0.2) is 35.8 Å². The van der Waals surface area contributed by atoms with Crippen LogP contribution in [0.25, 0.3) is 0 Å². The first-order valence-corrected chi connectivity index (χ1v) is 8.80. The smallest absolute Gasteiger partial charge is 0.224 e. The number of rotatable bonds is 5. The van der Waals surface area contributed by atoms with Crippen LogP contribution in [0.1, 0.15) is 22.9 Å². The Bertz CT molecular complexity index is 709. The van der Waals surface area contributed by atoms with Crippen LogP contribution in [0.2, 0.25) is 0 Å². The number of thioether (sulfide) groups is 1. The highest BCUT2D eigenvalue weighted by Gasteiger charge is 2.32. The lowest BCUT2D eigenvalue weighted by molar-refractivity contribution is -0.132. The van der Waals surface area contributed by atoms with E-state index in [0.717, 1.165) is 16.9 Å².